The van der Waals surface area contributed by atoms with Crippen LogP contribution in [0.2, 0.25) is 0 Å². The van der Waals surface area contributed by atoms with Crippen LogP contribution in [0.3, 0.4) is 0 Å². The molecule has 0 spiro atoms. The quantitative estimate of drug-likeness (QED) is 0.394. The maximum atomic E-state index is 12.3. The van der Waals surface area contributed by atoms with Crippen molar-refractivity contribution in [1.82, 2.24) is 4.98 Å². The summed E-state index contributed by atoms with van der Waals surface area (Å²) >= 11 is 1.35. The number of nitrogens with zero attached hydrogens (tertiary/aromatic N) is 1. The van der Waals surface area contributed by atoms with Gasteiger partial charge in [0, 0.05) is 17.9 Å². The van der Waals surface area contributed by atoms with Crippen LogP contribution in [0, 0.1) is 0 Å². The van der Waals surface area contributed by atoms with Gasteiger partial charge in [-0.2, -0.15) is 0 Å². The maximum absolute atomic E-state index is 12.3. The predicted molar refractivity (Wildman–Crippen MR) is 132 cm³/mol. The summed E-state index contributed by atoms with van der Waals surface area (Å²) in [7, 11) is 4.91. The number of carbonyl (C=O) groups is 1. The Morgan fingerprint density at radius 2 is 1.79 bits per heavy atom. The van der Waals surface area contributed by atoms with E-state index < -0.39 is 0 Å². The van der Waals surface area contributed by atoms with Crippen molar-refractivity contribution in [2.75, 3.05) is 27.1 Å². The molecule has 2 aromatic carbocycles. The zero-order valence-electron chi connectivity index (χ0n) is 18.9. The molecule has 0 radical (unpaired) electrons. The molecule has 0 bridgehead atoms. The Labute approximate surface area is 195 Å². The third-order valence-corrected chi connectivity index (χ3v) is 7.38. The number of benzene rings is 2. The Balaban J connectivity index is 1.87. The number of nitrogens with two attached hydrogens (primary N) is 1. The predicted octanol–water partition coefficient (Wildman–Crippen LogP) is 5.54. The molecule has 1 aliphatic rings. The first-order valence-corrected chi connectivity index (χ1v) is 11.4. The van der Waals surface area contributed by atoms with Gasteiger partial charge in [-0.1, -0.05) is 6.07 Å². The van der Waals surface area contributed by atoms with Crippen molar-refractivity contribution in [3.63, 3.8) is 0 Å². The number of aryl methyl sites for hydroxylation is 1. The van der Waals surface area contributed by atoms with Crippen LogP contribution in [0.15, 0.2) is 36.4 Å². The van der Waals surface area contributed by atoms with Gasteiger partial charge in [-0.3, -0.25) is 4.79 Å². The van der Waals surface area contributed by atoms with Gasteiger partial charge >= 0.3 is 0 Å². The number of thiophene rings is 1. The molecule has 0 fully saturated rings. The number of aromatic nitrogens is 1. The average molecular weight is 461 g/mol. The lowest BCUT2D eigenvalue weighted by Gasteiger charge is -2.23. The lowest BCUT2D eigenvalue weighted by Crippen LogP contribution is -2.08. The molecule has 7 heteroatoms. The van der Waals surface area contributed by atoms with Gasteiger partial charge in [0.15, 0.2) is 17.3 Å². The van der Waals surface area contributed by atoms with Gasteiger partial charge in [-0.25, -0.2) is 4.98 Å². The van der Waals surface area contributed by atoms with Crippen LogP contribution in [0.1, 0.15) is 27.7 Å². The van der Waals surface area contributed by atoms with E-state index in [1.807, 2.05) is 24.3 Å². The SMILES string of the molecule is COc1ccc2c(c1)CCc1c-2nc2sc(C(C)=O)c(N)c2c1-c1ccc(OC)c(OC)c1. The average Bonchev–Trinajstić information content (AvgIpc) is 3.17. The minimum absolute atomic E-state index is 0.0585. The van der Waals surface area contributed by atoms with Crippen LogP contribution >= 0.6 is 11.3 Å². The van der Waals surface area contributed by atoms with Crippen LogP contribution in [-0.4, -0.2) is 32.1 Å². The normalized spacial score (nSPS) is 12.2. The van der Waals surface area contributed by atoms with E-state index in [1.54, 1.807) is 28.3 Å². The van der Waals surface area contributed by atoms with E-state index in [9.17, 15) is 4.79 Å². The largest absolute Gasteiger partial charge is 0.497 e. The molecule has 33 heavy (non-hydrogen) atoms. The first-order chi connectivity index (χ1) is 16.0. The minimum atomic E-state index is -0.0585. The summed E-state index contributed by atoms with van der Waals surface area (Å²) in [5, 5.41) is 0.827. The molecule has 6 nitrogen and oxygen atoms in total. The summed E-state index contributed by atoms with van der Waals surface area (Å²) in [4.78, 5) is 18.6. The number of pyridine rings is 1. The van der Waals surface area contributed by atoms with Crippen molar-refractivity contribution >= 4 is 33.0 Å². The first kappa shape index (κ1) is 21.3. The second-order valence-corrected chi connectivity index (χ2v) is 8.99. The van der Waals surface area contributed by atoms with E-state index in [-0.39, 0.29) is 5.78 Å². The number of hydrogen-bond donors (Lipinski definition) is 1. The van der Waals surface area contributed by atoms with Crippen LogP contribution in [0.4, 0.5) is 5.69 Å². The molecule has 1 aliphatic carbocycles. The molecule has 0 unspecified atom stereocenters. The molecule has 2 heterocycles. The van der Waals surface area contributed by atoms with E-state index >= 15 is 0 Å². The van der Waals surface area contributed by atoms with Gasteiger partial charge in [-0.05, 0) is 65.4 Å². The number of anilines is 1. The van der Waals surface area contributed by atoms with E-state index in [1.165, 1.54) is 16.9 Å². The molecule has 5 rings (SSSR count). The fraction of sp³-hybridized carbons (Fsp3) is 0.231. The molecule has 0 saturated heterocycles. The molecule has 0 saturated carbocycles. The molecule has 0 atom stereocenters. The monoisotopic (exact) mass is 460 g/mol. The summed E-state index contributed by atoms with van der Waals surface area (Å²) < 4.78 is 16.4. The summed E-state index contributed by atoms with van der Waals surface area (Å²) in [5.74, 6) is 2.06. The van der Waals surface area contributed by atoms with Gasteiger partial charge in [0.05, 0.1) is 37.6 Å². The summed E-state index contributed by atoms with van der Waals surface area (Å²) in [6, 6.07) is 11.9. The number of ketones is 1. The third kappa shape index (κ3) is 3.31. The Morgan fingerprint density at radius 1 is 1.00 bits per heavy atom. The number of ether oxygens (including phenoxy) is 3. The van der Waals surface area contributed by atoms with Crippen molar-refractivity contribution in [1.29, 1.82) is 0 Å². The second-order valence-electron chi connectivity index (χ2n) is 7.99. The highest BCUT2D eigenvalue weighted by Gasteiger charge is 2.28. The zero-order valence-corrected chi connectivity index (χ0v) is 19.8. The zero-order chi connectivity index (χ0) is 23.3. The fourth-order valence-electron chi connectivity index (χ4n) is 4.62. The van der Waals surface area contributed by atoms with Gasteiger partial charge in [0.1, 0.15) is 10.6 Å². The summed E-state index contributed by atoms with van der Waals surface area (Å²) in [5.41, 5.74) is 13.3. The van der Waals surface area contributed by atoms with Gasteiger partial charge in [-0.15, -0.1) is 11.3 Å². The fourth-order valence-corrected chi connectivity index (χ4v) is 5.62. The Hall–Kier alpha value is -3.58. The third-order valence-electron chi connectivity index (χ3n) is 6.18. The molecule has 0 amide bonds. The van der Waals surface area contributed by atoms with E-state index in [0.717, 1.165) is 56.8 Å². The van der Waals surface area contributed by atoms with Crippen LogP contribution in [-0.2, 0) is 12.8 Å². The highest BCUT2D eigenvalue weighted by Crippen LogP contribution is 2.48. The molecular weight excluding hydrogens is 436 g/mol. The van der Waals surface area contributed by atoms with Crippen LogP contribution in [0.5, 0.6) is 17.2 Å². The van der Waals surface area contributed by atoms with Crippen molar-refractivity contribution in [3.05, 3.63) is 52.4 Å². The molecule has 2 aromatic heterocycles. The molecule has 4 aromatic rings. The minimum Gasteiger partial charge on any atom is -0.497 e. The summed E-state index contributed by atoms with van der Waals surface area (Å²) in [6.07, 6.45) is 1.66. The van der Waals surface area contributed by atoms with Crippen molar-refractivity contribution in [3.8, 4) is 39.6 Å². The lowest BCUT2D eigenvalue weighted by molar-refractivity contribution is 0.102. The number of rotatable bonds is 5. The standard InChI is InChI=1S/C26H24N2O4S/c1-13(29)25-23(27)22-21(15-6-10-19(31-3)20(12-15)32-4)18-8-5-14-11-16(30-2)7-9-17(14)24(18)28-26(22)33-25/h6-7,9-12H,5,8,27H2,1-4H3. The highest BCUT2D eigenvalue weighted by atomic mass is 32.1. The number of hydrogen-bond acceptors (Lipinski definition) is 7. The Morgan fingerprint density at radius 3 is 2.48 bits per heavy atom. The topological polar surface area (TPSA) is 83.7 Å². The lowest BCUT2D eigenvalue weighted by atomic mass is 9.83. The molecule has 0 aliphatic heterocycles. The van der Waals surface area contributed by atoms with Crippen LogP contribution in [0.25, 0.3) is 32.6 Å². The smallest absolute Gasteiger partial charge is 0.171 e. The second kappa shape index (κ2) is 8.08. The number of nitrogen functional groups attached to an aromatic ring is 1. The van der Waals surface area contributed by atoms with E-state index in [0.29, 0.717) is 22.1 Å². The number of fused-ring (bicyclic) bond motifs is 4. The number of carbonyl (C=O) groups excluding carboxylic acids is 1. The highest BCUT2D eigenvalue weighted by molar-refractivity contribution is 7.21. The van der Waals surface area contributed by atoms with Gasteiger partial charge in [0.2, 0.25) is 0 Å². The molecule has 2 N–H and O–H groups in total. The Kier molecular flexibility index (Phi) is 5.21. The molecule has 168 valence electrons. The van der Waals surface area contributed by atoms with Gasteiger partial charge < -0.3 is 19.9 Å². The van der Waals surface area contributed by atoms with Crippen LogP contribution < -0.4 is 19.9 Å². The van der Waals surface area contributed by atoms with E-state index in [4.69, 9.17) is 24.9 Å². The first-order valence-electron chi connectivity index (χ1n) is 10.6. The molecular formula is C26H24N2O4S. The number of methoxy groups -OCH3 is 3. The van der Waals surface area contributed by atoms with Crippen molar-refractivity contribution in [2.45, 2.75) is 19.8 Å². The van der Waals surface area contributed by atoms with Crippen molar-refractivity contribution in [2.24, 2.45) is 0 Å². The van der Waals surface area contributed by atoms with Crippen molar-refractivity contribution < 1.29 is 19.0 Å². The Bertz CT molecular complexity index is 1420. The maximum Gasteiger partial charge on any atom is 0.171 e. The summed E-state index contributed by atoms with van der Waals surface area (Å²) in [6.45, 7) is 1.54. The number of Topliss-reactive ketones (excluding diaryl/α,β-unsaturated/α-hetero) is 1. The van der Waals surface area contributed by atoms with Gasteiger partial charge in [0.25, 0.3) is 0 Å². The van der Waals surface area contributed by atoms with E-state index in [2.05, 4.69) is 12.1 Å².